The van der Waals surface area contributed by atoms with Gasteiger partial charge in [0.25, 0.3) is 0 Å². The lowest BCUT2D eigenvalue weighted by molar-refractivity contribution is 0.327. The number of hydrogen-bond acceptors (Lipinski definition) is 12. The van der Waals surface area contributed by atoms with Gasteiger partial charge in [0.1, 0.15) is 0 Å². The van der Waals surface area contributed by atoms with Gasteiger partial charge < -0.3 is 66.4 Å². The van der Waals surface area contributed by atoms with Gasteiger partial charge >= 0.3 is 0 Å². The molecule has 298 valence electrons. The summed E-state index contributed by atoms with van der Waals surface area (Å²) in [7, 11) is 2.20. The van der Waals surface area contributed by atoms with Crippen LogP contribution in [0.5, 0.6) is 57.5 Å². The van der Waals surface area contributed by atoms with E-state index in [0.29, 0.717) is 6.08 Å². The van der Waals surface area contributed by atoms with Crippen molar-refractivity contribution < 1.29 is 51.1 Å². The molecule has 0 atom stereocenters. The number of H-pyrrole nitrogens is 1. The Morgan fingerprint density at radius 3 is 1.84 bits per heavy atom. The Bertz CT molecular complexity index is 2910. The van der Waals surface area contributed by atoms with E-state index in [4.69, 9.17) is 11.1 Å². The van der Waals surface area contributed by atoms with Crippen LogP contribution in [0.4, 0.5) is 0 Å². The van der Waals surface area contributed by atoms with Crippen LogP contribution in [-0.2, 0) is 12.5 Å². The van der Waals surface area contributed by atoms with Gasteiger partial charge in [0.15, 0.2) is 23.0 Å². The number of fused-ring (bicyclic) bond motifs is 8. The molecular formula is C44H42N4O10. The first-order valence-electron chi connectivity index (χ1n) is 18.1. The zero-order chi connectivity index (χ0) is 42.3. The molecule has 0 saturated heterocycles. The van der Waals surface area contributed by atoms with E-state index < -0.39 is 80.0 Å². The molecule has 0 aliphatic heterocycles. The molecule has 2 heterocycles. The van der Waals surface area contributed by atoms with Crippen molar-refractivity contribution in [1.29, 1.82) is 5.41 Å². The summed E-state index contributed by atoms with van der Waals surface area (Å²) in [5.74, 6) is -12.1. The topological polar surface area (TPSA) is 273 Å². The zero-order valence-electron chi connectivity index (χ0n) is 32.1. The lowest BCUT2D eigenvalue weighted by atomic mass is 9.82. The Labute approximate surface area is 330 Å². The number of aromatic hydroxyl groups is 10. The predicted molar refractivity (Wildman–Crippen MR) is 222 cm³/mol. The van der Waals surface area contributed by atoms with Crippen LogP contribution >= 0.6 is 0 Å². The molecule has 0 spiro atoms. The van der Waals surface area contributed by atoms with Gasteiger partial charge in [-0.15, -0.1) is 0 Å². The summed E-state index contributed by atoms with van der Waals surface area (Å²) in [5.41, 5.74) is 14.3. The van der Waals surface area contributed by atoms with E-state index in [1.165, 1.54) is 66.2 Å². The van der Waals surface area contributed by atoms with Crippen molar-refractivity contribution in [3.05, 3.63) is 94.2 Å². The van der Waals surface area contributed by atoms with Crippen molar-refractivity contribution in [3.63, 3.8) is 0 Å². The predicted octanol–water partition coefficient (Wildman–Crippen LogP) is 7.96. The summed E-state index contributed by atoms with van der Waals surface area (Å²) in [6, 6.07) is 18.2. The highest BCUT2D eigenvalue weighted by molar-refractivity contribution is 6.21. The molecule has 0 unspecified atom stereocenters. The van der Waals surface area contributed by atoms with Crippen molar-refractivity contribution in [2.24, 2.45) is 12.8 Å². The Balaban J connectivity index is 0.000000179. The number of aromatic amines is 1. The lowest BCUT2D eigenvalue weighted by Crippen LogP contribution is -2.14. The number of allylic oxidation sites excluding steroid dienone is 2. The van der Waals surface area contributed by atoms with Crippen LogP contribution in [0.25, 0.3) is 55.6 Å². The first-order chi connectivity index (χ1) is 27.3. The third-order valence-corrected chi connectivity index (χ3v) is 11.0. The van der Waals surface area contributed by atoms with Gasteiger partial charge in [0.2, 0.25) is 34.5 Å². The number of aromatic nitrogens is 2. The van der Waals surface area contributed by atoms with Gasteiger partial charge in [0.05, 0.1) is 22.4 Å². The zero-order valence-corrected chi connectivity index (χ0v) is 32.1. The summed E-state index contributed by atoms with van der Waals surface area (Å²) in [5, 5.41) is 108. The monoisotopic (exact) mass is 786 g/mol. The molecule has 7 aromatic rings. The van der Waals surface area contributed by atoms with E-state index in [1.54, 1.807) is 0 Å². The number of hydrogen-bond donors (Lipinski definition) is 13. The molecule has 0 fully saturated rings. The van der Waals surface area contributed by atoms with Crippen LogP contribution in [0.2, 0.25) is 0 Å². The van der Waals surface area contributed by atoms with Gasteiger partial charge in [-0.3, -0.25) is 5.41 Å². The molecular weight excluding hydrogens is 745 g/mol. The number of nitrogens with zero attached hydrogens (tertiary/aromatic N) is 1. The number of phenolic OH excluding ortho intramolecular Hbond substituents is 10. The molecule has 14 N–H and O–H groups in total. The molecule has 2 aromatic heterocycles. The summed E-state index contributed by atoms with van der Waals surface area (Å²) in [6.45, 7) is 9.14. The van der Waals surface area contributed by atoms with Gasteiger partial charge in [-0.05, 0) is 71.5 Å². The first kappa shape index (κ1) is 38.7. The number of nitrogens with one attached hydrogen (secondary N) is 2. The Morgan fingerprint density at radius 2 is 1.26 bits per heavy atom. The minimum absolute atomic E-state index is 0.0107. The summed E-state index contributed by atoms with van der Waals surface area (Å²) in [6.07, 6.45) is 6.16. The van der Waals surface area contributed by atoms with E-state index in [2.05, 4.69) is 105 Å². The molecule has 0 amide bonds. The molecule has 14 nitrogen and oxygen atoms in total. The largest absolute Gasteiger partial charge is 0.504 e. The van der Waals surface area contributed by atoms with E-state index in [1.807, 2.05) is 0 Å². The van der Waals surface area contributed by atoms with Crippen LogP contribution in [0.15, 0.2) is 60.7 Å². The van der Waals surface area contributed by atoms with Gasteiger partial charge in [-0.1, -0.05) is 57.2 Å². The van der Waals surface area contributed by atoms with Crippen molar-refractivity contribution in [2.75, 3.05) is 0 Å². The third-order valence-electron chi connectivity index (χ3n) is 11.0. The molecule has 58 heavy (non-hydrogen) atoms. The van der Waals surface area contributed by atoms with Crippen LogP contribution in [0, 0.1) is 12.3 Å². The number of benzene rings is 5. The number of aryl methyl sites for hydroxylation is 2. The van der Waals surface area contributed by atoms with E-state index >= 15 is 0 Å². The maximum Gasteiger partial charge on any atom is 0.208 e. The van der Waals surface area contributed by atoms with Gasteiger partial charge in [0, 0.05) is 51.0 Å². The van der Waals surface area contributed by atoms with Crippen molar-refractivity contribution in [2.45, 2.75) is 39.5 Å². The smallest absolute Gasteiger partial charge is 0.208 e. The fourth-order valence-corrected chi connectivity index (χ4v) is 8.00. The molecule has 14 heteroatoms. The summed E-state index contributed by atoms with van der Waals surface area (Å²) >= 11 is 0. The number of phenols is 10. The minimum Gasteiger partial charge on any atom is -0.504 e. The molecule has 1 aliphatic carbocycles. The third kappa shape index (κ3) is 5.51. The van der Waals surface area contributed by atoms with Crippen molar-refractivity contribution in [1.82, 2.24) is 9.55 Å². The van der Waals surface area contributed by atoms with Crippen LogP contribution in [0.3, 0.4) is 0 Å². The van der Waals surface area contributed by atoms with Crippen LogP contribution < -0.4 is 5.73 Å². The van der Waals surface area contributed by atoms with E-state index in [0.717, 1.165) is 6.42 Å². The summed E-state index contributed by atoms with van der Waals surface area (Å²) in [4.78, 5) is 3.73. The quantitative estimate of drug-likeness (QED) is 0.0452. The molecule has 1 aliphatic rings. The second kappa shape index (κ2) is 13.5. The van der Waals surface area contributed by atoms with E-state index in [9.17, 15) is 51.1 Å². The second-order valence-corrected chi connectivity index (χ2v) is 14.8. The summed E-state index contributed by atoms with van der Waals surface area (Å²) < 4.78 is 2.37. The molecule has 5 aromatic carbocycles. The van der Waals surface area contributed by atoms with Gasteiger partial charge in [-0.25, -0.2) is 0 Å². The Morgan fingerprint density at radius 1 is 0.707 bits per heavy atom. The molecule has 0 radical (unpaired) electrons. The fraction of sp³-hybridized carbons (Fsp3) is 0.159. The normalized spacial score (nSPS) is 13.3. The minimum atomic E-state index is -1.25. The Kier molecular flexibility index (Phi) is 9.03. The van der Waals surface area contributed by atoms with Crippen molar-refractivity contribution in [3.8, 4) is 68.6 Å². The van der Waals surface area contributed by atoms with Gasteiger partial charge in [-0.2, -0.15) is 0 Å². The number of nitrogens with two attached hydrogens (primary N) is 1. The highest BCUT2D eigenvalue weighted by atomic mass is 16.4. The SMILES string of the molecule is CC/C=C\c1c(C)c2ccc3[nH]c4cc5c(cc4c3c2n1C)C(C)(C)c1ccccc1-5.N=C(/C=C(\N)c1c(O)c(O)c(O)c(O)c1O)c1c(O)c(O)c(O)c(O)c1O. The fourth-order valence-electron chi connectivity index (χ4n) is 8.00. The Hall–Kier alpha value is -7.61. The average molecular weight is 787 g/mol. The highest BCUT2D eigenvalue weighted by Gasteiger charge is 2.36. The highest BCUT2D eigenvalue weighted by Crippen LogP contribution is 2.54. The average Bonchev–Trinajstić information content (AvgIpc) is 3.76. The maximum atomic E-state index is 9.79. The lowest BCUT2D eigenvalue weighted by Gasteiger charge is -2.21. The molecule has 0 saturated carbocycles. The maximum absolute atomic E-state index is 9.79. The standard InChI is InChI=1S/C29H28N2.C15H14N2O10/c1-6-7-12-26-17(2)18-13-14-24-27(28(18)31(26)5)21-15-23-20(16-25(21)30-24)19-10-8-9-11-22(19)29(23,3)4;16-2(4-6(18)10(22)14(26)11(23)7(4)19)1-3(17)5-8(20)12(24)15(27)13(25)9(5)21/h7-16,30H,6H2,1-5H3;1,16,18-27H,17H2/b12-7-;3-1-,16-2?. The molecule has 8 rings (SSSR count). The second-order valence-electron chi connectivity index (χ2n) is 14.8. The first-order valence-corrected chi connectivity index (χ1v) is 18.1. The van der Waals surface area contributed by atoms with Crippen LogP contribution in [-0.4, -0.2) is 66.3 Å². The van der Waals surface area contributed by atoms with Crippen molar-refractivity contribution >= 4 is 50.2 Å². The van der Waals surface area contributed by atoms with E-state index in [-0.39, 0.29) is 5.41 Å². The molecule has 0 bridgehead atoms. The number of rotatable bonds is 5. The van der Waals surface area contributed by atoms with Crippen LogP contribution in [0.1, 0.15) is 60.7 Å².